The maximum atomic E-state index is 10.4. The molecule has 3 rings (SSSR count). The van der Waals surface area contributed by atoms with Crippen LogP contribution >= 0.6 is 0 Å². The molecule has 0 aromatic heterocycles. The topological polar surface area (TPSA) is 41.9 Å². The van der Waals surface area contributed by atoms with Crippen molar-refractivity contribution in [3.63, 3.8) is 0 Å². The van der Waals surface area contributed by atoms with Crippen LogP contribution in [0.1, 0.15) is 24.5 Å². The zero-order valence-corrected chi connectivity index (χ0v) is 12.0. The zero-order chi connectivity index (χ0) is 14.0. The highest BCUT2D eigenvalue weighted by atomic mass is 16.5. The molecule has 2 fully saturated rings. The van der Waals surface area contributed by atoms with E-state index >= 15 is 0 Å². The second kappa shape index (κ2) is 5.72. The first-order chi connectivity index (χ1) is 9.71. The second-order valence-corrected chi connectivity index (χ2v) is 6.08. The monoisotopic (exact) mass is 277 g/mol. The van der Waals surface area contributed by atoms with Gasteiger partial charge in [-0.15, -0.1) is 0 Å². The van der Waals surface area contributed by atoms with Crippen LogP contribution in [0.2, 0.25) is 0 Å². The van der Waals surface area contributed by atoms with Gasteiger partial charge in [0.15, 0.2) is 0 Å². The van der Waals surface area contributed by atoms with Crippen LogP contribution < -0.4 is 4.74 Å². The Kier molecular flexibility index (Phi) is 3.96. The van der Waals surface area contributed by atoms with E-state index < -0.39 is 6.10 Å². The van der Waals surface area contributed by atoms with Gasteiger partial charge in [-0.3, -0.25) is 4.90 Å². The fourth-order valence-corrected chi connectivity index (χ4v) is 3.35. The lowest BCUT2D eigenvalue weighted by Gasteiger charge is -2.24. The van der Waals surface area contributed by atoms with Crippen molar-refractivity contribution in [2.75, 3.05) is 40.0 Å². The third kappa shape index (κ3) is 2.82. The summed E-state index contributed by atoms with van der Waals surface area (Å²) in [6.45, 7) is 4.58. The minimum atomic E-state index is -0.456. The Morgan fingerprint density at radius 3 is 3.10 bits per heavy atom. The van der Waals surface area contributed by atoms with Gasteiger partial charge in [0.1, 0.15) is 5.75 Å². The Labute approximate surface area is 120 Å². The molecule has 0 saturated carbocycles. The molecule has 20 heavy (non-hydrogen) atoms. The summed E-state index contributed by atoms with van der Waals surface area (Å²) in [6.07, 6.45) is 1.90. The number of benzene rings is 1. The molecule has 2 aliphatic rings. The zero-order valence-electron chi connectivity index (χ0n) is 12.0. The first kappa shape index (κ1) is 13.9. The smallest absolute Gasteiger partial charge is 0.119 e. The summed E-state index contributed by atoms with van der Waals surface area (Å²) in [7, 11) is 1.65. The van der Waals surface area contributed by atoms with Gasteiger partial charge in [0.25, 0.3) is 0 Å². The van der Waals surface area contributed by atoms with Crippen molar-refractivity contribution < 1.29 is 14.6 Å². The highest BCUT2D eigenvalue weighted by molar-refractivity contribution is 5.30. The summed E-state index contributed by atoms with van der Waals surface area (Å²) in [5.41, 5.74) is 1.28. The molecule has 1 N–H and O–H groups in total. The SMILES string of the molecule is COc1cccc(C(O)CN2CCC3(CCOC3)C2)c1. The van der Waals surface area contributed by atoms with Crippen LogP contribution in [0.25, 0.3) is 0 Å². The highest BCUT2D eigenvalue weighted by Gasteiger charge is 2.41. The number of aliphatic hydroxyl groups is 1. The number of hydrogen-bond donors (Lipinski definition) is 1. The van der Waals surface area contributed by atoms with Gasteiger partial charge in [-0.1, -0.05) is 12.1 Å². The van der Waals surface area contributed by atoms with E-state index in [2.05, 4.69) is 4.90 Å². The van der Waals surface area contributed by atoms with Crippen LogP contribution in [0.5, 0.6) is 5.75 Å². The predicted molar refractivity (Wildman–Crippen MR) is 76.9 cm³/mol. The fraction of sp³-hybridized carbons (Fsp3) is 0.625. The average Bonchev–Trinajstić information content (AvgIpc) is 3.09. The maximum Gasteiger partial charge on any atom is 0.119 e. The maximum absolute atomic E-state index is 10.4. The molecule has 2 heterocycles. The Bertz CT molecular complexity index is 457. The van der Waals surface area contributed by atoms with Crippen molar-refractivity contribution >= 4 is 0 Å². The summed E-state index contributed by atoms with van der Waals surface area (Å²) in [6, 6.07) is 7.69. The number of rotatable bonds is 4. The van der Waals surface area contributed by atoms with Crippen LogP contribution in [0, 0.1) is 5.41 Å². The molecule has 1 aromatic rings. The molecule has 110 valence electrons. The molecule has 2 saturated heterocycles. The first-order valence-electron chi connectivity index (χ1n) is 7.33. The van der Waals surface area contributed by atoms with E-state index in [0.29, 0.717) is 12.0 Å². The van der Waals surface area contributed by atoms with Crippen molar-refractivity contribution in [3.8, 4) is 5.75 Å². The fourth-order valence-electron chi connectivity index (χ4n) is 3.35. The number of β-amino-alcohol motifs (C(OH)–C–C–N with tert-alkyl or cyclic N) is 1. The summed E-state index contributed by atoms with van der Waals surface area (Å²) in [5, 5.41) is 10.4. The van der Waals surface area contributed by atoms with Crippen LogP contribution in [0.4, 0.5) is 0 Å². The molecular formula is C16H23NO3. The van der Waals surface area contributed by atoms with Gasteiger partial charge < -0.3 is 14.6 Å². The minimum absolute atomic E-state index is 0.355. The van der Waals surface area contributed by atoms with Crippen LogP contribution in [0.15, 0.2) is 24.3 Å². The second-order valence-electron chi connectivity index (χ2n) is 6.08. The van der Waals surface area contributed by atoms with E-state index in [1.165, 1.54) is 12.8 Å². The lowest BCUT2D eigenvalue weighted by molar-refractivity contribution is 0.112. The summed E-state index contributed by atoms with van der Waals surface area (Å²) < 4.78 is 10.8. The van der Waals surface area contributed by atoms with Crippen molar-refractivity contribution in [1.29, 1.82) is 0 Å². The van der Waals surface area contributed by atoms with E-state index in [0.717, 1.165) is 37.6 Å². The predicted octanol–water partition coefficient (Wildman–Crippen LogP) is 1.84. The number of methoxy groups -OCH3 is 1. The third-order valence-electron chi connectivity index (χ3n) is 4.61. The Morgan fingerprint density at radius 2 is 2.35 bits per heavy atom. The van der Waals surface area contributed by atoms with Crippen LogP contribution in [0.3, 0.4) is 0 Å². The summed E-state index contributed by atoms with van der Waals surface area (Å²) in [4.78, 5) is 2.36. The molecule has 0 amide bonds. The first-order valence-corrected chi connectivity index (χ1v) is 7.33. The minimum Gasteiger partial charge on any atom is -0.497 e. The van der Waals surface area contributed by atoms with E-state index in [1.54, 1.807) is 7.11 Å². The van der Waals surface area contributed by atoms with Gasteiger partial charge in [-0.25, -0.2) is 0 Å². The molecule has 2 unspecified atom stereocenters. The largest absolute Gasteiger partial charge is 0.497 e. The standard InChI is InChI=1S/C16H23NO3/c1-19-14-4-2-3-13(9-14)15(18)10-17-7-5-16(11-17)6-8-20-12-16/h2-4,9,15,18H,5-8,10-12H2,1H3. The lowest BCUT2D eigenvalue weighted by atomic mass is 9.87. The van der Waals surface area contributed by atoms with Gasteiger partial charge in [-0.2, -0.15) is 0 Å². The summed E-state index contributed by atoms with van der Waals surface area (Å²) >= 11 is 0. The van der Waals surface area contributed by atoms with Crippen molar-refractivity contribution in [1.82, 2.24) is 4.90 Å². The quantitative estimate of drug-likeness (QED) is 0.912. The number of aliphatic hydroxyl groups excluding tert-OH is 1. The van der Waals surface area contributed by atoms with Gasteiger partial charge in [0.2, 0.25) is 0 Å². The Morgan fingerprint density at radius 1 is 1.45 bits per heavy atom. The number of hydrogen-bond acceptors (Lipinski definition) is 4. The van der Waals surface area contributed by atoms with Crippen molar-refractivity contribution in [2.24, 2.45) is 5.41 Å². The number of nitrogens with zero attached hydrogens (tertiary/aromatic N) is 1. The summed E-state index contributed by atoms with van der Waals surface area (Å²) in [5.74, 6) is 0.795. The van der Waals surface area contributed by atoms with Crippen molar-refractivity contribution in [3.05, 3.63) is 29.8 Å². The van der Waals surface area contributed by atoms with Crippen LogP contribution in [-0.2, 0) is 4.74 Å². The van der Waals surface area contributed by atoms with Crippen molar-refractivity contribution in [2.45, 2.75) is 18.9 Å². The molecule has 1 aromatic carbocycles. The van der Waals surface area contributed by atoms with E-state index in [-0.39, 0.29) is 0 Å². The van der Waals surface area contributed by atoms with Gasteiger partial charge in [-0.05, 0) is 37.1 Å². The van der Waals surface area contributed by atoms with Crippen LogP contribution in [-0.4, -0.2) is 50.0 Å². The number of likely N-dealkylation sites (tertiary alicyclic amines) is 1. The number of ether oxygens (including phenoxy) is 2. The van der Waals surface area contributed by atoms with Gasteiger partial charge >= 0.3 is 0 Å². The molecular weight excluding hydrogens is 254 g/mol. The molecule has 0 aliphatic carbocycles. The highest BCUT2D eigenvalue weighted by Crippen LogP contribution is 2.38. The molecule has 1 spiro atoms. The Hall–Kier alpha value is -1.10. The Balaban J connectivity index is 1.60. The molecule has 4 heteroatoms. The normalized spacial score (nSPS) is 28.1. The van der Waals surface area contributed by atoms with E-state index in [4.69, 9.17) is 9.47 Å². The molecule has 0 bridgehead atoms. The lowest BCUT2D eigenvalue weighted by Crippen LogP contribution is -2.30. The molecule has 4 nitrogen and oxygen atoms in total. The average molecular weight is 277 g/mol. The van der Waals surface area contributed by atoms with Gasteiger partial charge in [0, 0.05) is 25.1 Å². The van der Waals surface area contributed by atoms with Gasteiger partial charge in [0.05, 0.1) is 19.8 Å². The van der Waals surface area contributed by atoms with E-state index in [1.807, 2.05) is 24.3 Å². The van der Waals surface area contributed by atoms with E-state index in [9.17, 15) is 5.11 Å². The third-order valence-corrected chi connectivity index (χ3v) is 4.61. The molecule has 2 atom stereocenters. The molecule has 0 radical (unpaired) electrons. The molecule has 2 aliphatic heterocycles.